The second kappa shape index (κ2) is 9.55. The Bertz CT molecular complexity index is 1510. The number of nitrogens with zero attached hydrogens (tertiary/aromatic N) is 5. The first-order chi connectivity index (χ1) is 17.6. The Kier molecular flexibility index (Phi) is 6.40. The highest BCUT2D eigenvalue weighted by Crippen LogP contribution is 2.32. The van der Waals surface area contributed by atoms with E-state index in [4.69, 9.17) is 25.6 Å². The van der Waals surface area contributed by atoms with Crippen LogP contribution in [0.5, 0.6) is 5.75 Å². The zero-order valence-corrected chi connectivity index (χ0v) is 21.7. The summed E-state index contributed by atoms with van der Waals surface area (Å²) in [5, 5.41) is 9.00. The monoisotopic (exact) mass is 526 g/mol. The highest BCUT2D eigenvalue weighted by atomic mass is 35.5. The van der Waals surface area contributed by atoms with Crippen LogP contribution in [0.3, 0.4) is 0 Å². The zero-order chi connectivity index (χ0) is 26.3. The fourth-order valence-electron chi connectivity index (χ4n) is 4.40. The molecule has 1 fully saturated rings. The topological polar surface area (TPSA) is 128 Å². The second-order valence-electron chi connectivity index (χ2n) is 9.89. The van der Waals surface area contributed by atoms with Gasteiger partial charge in [-0.2, -0.15) is 10.1 Å². The van der Waals surface area contributed by atoms with Crippen LogP contribution in [-0.2, 0) is 4.74 Å². The summed E-state index contributed by atoms with van der Waals surface area (Å²) in [4.78, 5) is 34.1. The van der Waals surface area contributed by atoms with E-state index < -0.39 is 5.60 Å². The van der Waals surface area contributed by atoms with Crippen LogP contribution in [-0.4, -0.2) is 61.5 Å². The van der Waals surface area contributed by atoms with Gasteiger partial charge in [0.25, 0.3) is 11.4 Å². The smallest absolute Gasteiger partial charge is 0.410 e. The third-order valence-electron chi connectivity index (χ3n) is 6.17. The van der Waals surface area contributed by atoms with Crippen LogP contribution in [0, 0.1) is 0 Å². The summed E-state index contributed by atoms with van der Waals surface area (Å²) in [6, 6.07) is 6.74. The number of hydrogen-bond acceptors (Lipinski definition) is 8. The number of aromatic nitrogens is 5. The predicted molar refractivity (Wildman–Crippen MR) is 136 cm³/mol. The molecule has 1 aromatic carbocycles. The summed E-state index contributed by atoms with van der Waals surface area (Å²) in [6.07, 6.45) is 2.61. The minimum Gasteiger partial charge on any atom is -0.495 e. The van der Waals surface area contributed by atoms with Crippen LogP contribution in [0.25, 0.3) is 28.5 Å². The number of amides is 1. The second-order valence-corrected chi connectivity index (χ2v) is 10.3. The van der Waals surface area contributed by atoms with Crippen molar-refractivity contribution in [2.24, 2.45) is 0 Å². The van der Waals surface area contributed by atoms with Crippen molar-refractivity contribution in [1.29, 1.82) is 0 Å². The molecule has 0 unspecified atom stereocenters. The number of nitrogens with one attached hydrogen (secondary N) is 1. The maximum Gasteiger partial charge on any atom is 0.410 e. The van der Waals surface area contributed by atoms with E-state index >= 15 is 0 Å². The molecule has 1 aliphatic rings. The quantitative estimate of drug-likeness (QED) is 0.411. The van der Waals surface area contributed by atoms with E-state index in [1.807, 2.05) is 20.8 Å². The fraction of sp³-hybridized carbons (Fsp3) is 0.400. The summed E-state index contributed by atoms with van der Waals surface area (Å²) < 4.78 is 17.9. The van der Waals surface area contributed by atoms with Gasteiger partial charge in [0, 0.05) is 30.6 Å². The molecule has 0 spiro atoms. The molecule has 4 aromatic rings. The molecule has 4 heterocycles. The summed E-state index contributed by atoms with van der Waals surface area (Å²) in [5.74, 6) is 1.13. The average Bonchev–Trinajstić information content (AvgIpc) is 3.50. The number of carbonyl (C=O) groups excluding carboxylic acids is 1. The van der Waals surface area contributed by atoms with Gasteiger partial charge in [0.05, 0.1) is 24.0 Å². The van der Waals surface area contributed by atoms with Crippen molar-refractivity contribution < 1.29 is 18.8 Å². The fourth-order valence-corrected chi connectivity index (χ4v) is 4.66. The number of methoxy groups -OCH3 is 1. The number of halogens is 1. The number of benzene rings is 1. The van der Waals surface area contributed by atoms with E-state index in [0.717, 1.165) is 5.69 Å². The molecule has 0 bridgehead atoms. The molecule has 37 heavy (non-hydrogen) atoms. The van der Waals surface area contributed by atoms with Gasteiger partial charge in [-0.25, -0.2) is 9.31 Å². The lowest BCUT2D eigenvalue weighted by molar-refractivity contribution is 0.0203. The van der Waals surface area contributed by atoms with Gasteiger partial charge in [0.2, 0.25) is 5.82 Å². The van der Waals surface area contributed by atoms with Gasteiger partial charge in [-0.3, -0.25) is 4.79 Å². The molecule has 5 rings (SSSR count). The number of rotatable bonds is 4. The van der Waals surface area contributed by atoms with Gasteiger partial charge in [-0.05, 0) is 51.8 Å². The molecule has 3 aromatic heterocycles. The molecule has 0 aliphatic carbocycles. The molecular formula is C25H27ClN6O5. The minimum absolute atomic E-state index is 0.0379. The van der Waals surface area contributed by atoms with Crippen molar-refractivity contribution in [3.8, 4) is 28.6 Å². The molecule has 194 valence electrons. The number of H-pyrrole nitrogens is 1. The van der Waals surface area contributed by atoms with Crippen molar-refractivity contribution in [3.63, 3.8) is 0 Å². The van der Waals surface area contributed by atoms with Crippen molar-refractivity contribution in [2.75, 3.05) is 20.2 Å². The largest absolute Gasteiger partial charge is 0.495 e. The van der Waals surface area contributed by atoms with Crippen LogP contribution in [0.4, 0.5) is 4.79 Å². The first kappa shape index (κ1) is 24.8. The summed E-state index contributed by atoms with van der Waals surface area (Å²) in [5.41, 5.74) is 1.56. The van der Waals surface area contributed by atoms with E-state index in [9.17, 15) is 9.59 Å². The Morgan fingerprint density at radius 3 is 2.65 bits per heavy atom. The van der Waals surface area contributed by atoms with E-state index in [2.05, 4.69) is 20.2 Å². The van der Waals surface area contributed by atoms with E-state index in [1.165, 1.54) is 7.11 Å². The lowest BCUT2D eigenvalue weighted by atomic mass is 9.93. The summed E-state index contributed by atoms with van der Waals surface area (Å²) in [6.45, 7) is 6.59. The van der Waals surface area contributed by atoms with Gasteiger partial charge in [-0.1, -0.05) is 16.8 Å². The molecule has 0 saturated carbocycles. The highest BCUT2D eigenvalue weighted by molar-refractivity contribution is 6.32. The molecule has 1 saturated heterocycles. The molecule has 12 heteroatoms. The molecule has 1 aliphatic heterocycles. The lowest BCUT2D eigenvalue weighted by Gasteiger charge is -2.33. The number of aromatic amines is 1. The SMILES string of the molecule is COc1ccc(-c2noc(-c3cnn4c(C5CCN(C(=O)OC(C)(C)C)CC5)cc(=O)[nH]c34)n2)cc1Cl. The van der Waals surface area contributed by atoms with E-state index in [0.29, 0.717) is 59.3 Å². The van der Waals surface area contributed by atoms with Crippen molar-refractivity contribution in [1.82, 2.24) is 29.6 Å². The first-order valence-corrected chi connectivity index (χ1v) is 12.3. The van der Waals surface area contributed by atoms with Crippen LogP contribution in [0.1, 0.15) is 45.2 Å². The van der Waals surface area contributed by atoms with Crippen molar-refractivity contribution in [2.45, 2.75) is 45.1 Å². The maximum atomic E-state index is 12.6. The number of fused-ring (bicyclic) bond motifs is 1. The van der Waals surface area contributed by atoms with E-state index in [-0.39, 0.29) is 23.5 Å². The third-order valence-corrected chi connectivity index (χ3v) is 6.46. The molecule has 1 amide bonds. The summed E-state index contributed by atoms with van der Waals surface area (Å²) in [7, 11) is 1.54. The standard InChI is InChI=1S/C25H27ClN6O5/c1-25(2,3)36-24(34)31-9-7-14(8-10-31)18-12-20(33)28-22-16(13-27-32(18)22)23-29-21(30-37-23)15-5-6-19(35-4)17(26)11-15/h5-6,11-14H,7-10H2,1-4H3,(H,28,33). The van der Waals surface area contributed by atoms with Crippen molar-refractivity contribution >= 4 is 23.3 Å². The number of ether oxygens (including phenoxy) is 2. The maximum absolute atomic E-state index is 12.6. The van der Waals surface area contributed by atoms with Crippen molar-refractivity contribution in [3.05, 3.63) is 51.5 Å². The Labute approximate surface area is 217 Å². The number of hydrogen-bond donors (Lipinski definition) is 1. The van der Waals surface area contributed by atoms with Gasteiger partial charge in [0.1, 0.15) is 22.6 Å². The van der Waals surface area contributed by atoms with Gasteiger partial charge in [-0.15, -0.1) is 0 Å². The third kappa shape index (κ3) is 5.04. The predicted octanol–water partition coefficient (Wildman–Crippen LogP) is 4.52. The van der Waals surface area contributed by atoms with Crippen LogP contribution < -0.4 is 10.3 Å². The molecule has 11 nitrogen and oxygen atoms in total. The normalized spacial score (nSPS) is 14.8. The molecule has 0 radical (unpaired) electrons. The summed E-state index contributed by atoms with van der Waals surface area (Å²) >= 11 is 6.23. The number of piperidine rings is 1. The van der Waals surface area contributed by atoms with Crippen LogP contribution in [0.2, 0.25) is 5.02 Å². The highest BCUT2D eigenvalue weighted by Gasteiger charge is 2.29. The van der Waals surface area contributed by atoms with Gasteiger partial charge in [0.15, 0.2) is 0 Å². The lowest BCUT2D eigenvalue weighted by Crippen LogP contribution is -2.41. The van der Waals surface area contributed by atoms with Crippen LogP contribution >= 0.6 is 11.6 Å². The van der Waals surface area contributed by atoms with E-state index in [1.54, 1.807) is 39.9 Å². The van der Waals surface area contributed by atoms with Crippen LogP contribution in [0.15, 0.2) is 39.8 Å². The molecule has 0 atom stereocenters. The van der Waals surface area contributed by atoms with Gasteiger partial charge < -0.3 is 23.9 Å². The molecular weight excluding hydrogens is 500 g/mol. The Balaban J connectivity index is 1.40. The number of likely N-dealkylation sites (tertiary alicyclic amines) is 1. The van der Waals surface area contributed by atoms with Gasteiger partial charge >= 0.3 is 6.09 Å². The zero-order valence-electron chi connectivity index (χ0n) is 20.9. The Morgan fingerprint density at radius 1 is 1.22 bits per heavy atom. The minimum atomic E-state index is -0.549. The average molecular weight is 527 g/mol. The molecule has 1 N–H and O–H groups in total. The Hall–Kier alpha value is -3.86. The first-order valence-electron chi connectivity index (χ1n) is 11.9. The number of carbonyl (C=O) groups is 1. The Morgan fingerprint density at radius 2 is 1.97 bits per heavy atom.